The van der Waals surface area contributed by atoms with E-state index in [0.717, 1.165) is 12.1 Å². The first kappa shape index (κ1) is 13.4. The Bertz CT molecular complexity index is 464. The number of nitro groups is 1. The number of ether oxygens (including phenoxy) is 1. The number of carbonyl (C=O) groups excluding carboxylic acids is 1. The van der Waals surface area contributed by atoms with Gasteiger partial charge in [0.15, 0.2) is 0 Å². The van der Waals surface area contributed by atoms with Crippen molar-refractivity contribution in [3.05, 3.63) is 39.2 Å². The van der Waals surface area contributed by atoms with E-state index in [4.69, 9.17) is 11.6 Å². The van der Waals surface area contributed by atoms with E-state index >= 15 is 0 Å². The number of methoxy groups -OCH3 is 1. The first-order valence-electron chi connectivity index (χ1n) is 4.58. The van der Waals surface area contributed by atoms with Crippen LogP contribution in [-0.4, -0.2) is 18.0 Å². The zero-order valence-corrected chi connectivity index (χ0v) is 9.66. The highest BCUT2D eigenvalue weighted by atomic mass is 35.5. The van der Waals surface area contributed by atoms with E-state index in [9.17, 15) is 19.3 Å². The summed E-state index contributed by atoms with van der Waals surface area (Å²) >= 11 is 5.58. The Morgan fingerprint density at radius 2 is 2.24 bits per heavy atom. The highest BCUT2D eigenvalue weighted by molar-refractivity contribution is 6.17. The summed E-state index contributed by atoms with van der Waals surface area (Å²) in [7, 11) is 1.18. The maximum atomic E-state index is 13.2. The van der Waals surface area contributed by atoms with Gasteiger partial charge in [0.1, 0.15) is 5.82 Å². The monoisotopic (exact) mass is 261 g/mol. The van der Waals surface area contributed by atoms with Crippen molar-refractivity contribution in [1.29, 1.82) is 0 Å². The molecule has 1 rings (SSSR count). The topological polar surface area (TPSA) is 69.4 Å². The molecule has 0 fully saturated rings. The van der Waals surface area contributed by atoms with Crippen LogP contribution in [0.3, 0.4) is 0 Å². The molecule has 1 aromatic carbocycles. The third-order valence-corrected chi connectivity index (χ3v) is 2.44. The van der Waals surface area contributed by atoms with Gasteiger partial charge in [0.25, 0.3) is 5.69 Å². The maximum Gasteiger partial charge on any atom is 0.309 e. The number of halogens is 2. The van der Waals surface area contributed by atoms with E-state index in [1.54, 1.807) is 0 Å². The third kappa shape index (κ3) is 3.13. The number of nitro benzene ring substituents is 1. The lowest BCUT2D eigenvalue weighted by atomic mass is 10.0. The molecule has 0 bridgehead atoms. The average molecular weight is 262 g/mol. The van der Waals surface area contributed by atoms with Crippen molar-refractivity contribution >= 4 is 23.3 Å². The van der Waals surface area contributed by atoms with Crippen LogP contribution in [-0.2, 0) is 21.8 Å². The minimum Gasteiger partial charge on any atom is -0.469 e. The molecule has 0 saturated carbocycles. The van der Waals surface area contributed by atoms with Crippen molar-refractivity contribution in [2.24, 2.45) is 0 Å². The van der Waals surface area contributed by atoms with Gasteiger partial charge in [-0.2, -0.15) is 0 Å². The normalized spacial score (nSPS) is 10.1. The summed E-state index contributed by atoms with van der Waals surface area (Å²) in [6.45, 7) is 0. The third-order valence-electron chi connectivity index (χ3n) is 2.18. The summed E-state index contributed by atoms with van der Waals surface area (Å²) in [4.78, 5) is 21.1. The van der Waals surface area contributed by atoms with Gasteiger partial charge in [-0.3, -0.25) is 14.9 Å². The average Bonchev–Trinajstić information content (AvgIpc) is 2.28. The van der Waals surface area contributed by atoms with Gasteiger partial charge in [0.2, 0.25) is 0 Å². The molecule has 0 aromatic heterocycles. The molecule has 0 radical (unpaired) electrons. The quantitative estimate of drug-likeness (QED) is 0.360. The first-order valence-corrected chi connectivity index (χ1v) is 5.11. The molecular weight excluding hydrogens is 253 g/mol. The fraction of sp³-hybridized carbons (Fsp3) is 0.300. The van der Waals surface area contributed by atoms with Crippen LogP contribution in [0.4, 0.5) is 10.1 Å². The minimum atomic E-state index is -0.788. The Kier molecular flexibility index (Phi) is 4.39. The number of rotatable bonds is 4. The van der Waals surface area contributed by atoms with Crippen molar-refractivity contribution in [3.63, 3.8) is 0 Å². The van der Waals surface area contributed by atoms with E-state index in [1.807, 2.05) is 0 Å². The zero-order chi connectivity index (χ0) is 13.0. The molecule has 5 nitrogen and oxygen atoms in total. The van der Waals surface area contributed by atoms with Crippen molar-refractivity contribution in [2.45, 2.75) is 12.3 Å². The minimum absolute atomic E-state index is 0.128. The van der Waals surface area contributed by atoms with Crippen LogP contribution < -0.4 is 0 Å². The van der Waals surface area contributed by atoms with Gasteiger partial charge in [-0.25, -0.2) is 4.39 Å². The van der Waals surface area contributed by atoms with E-state index in [-0.39, 0.29) is 23.4 Å². The highest BCUT2D eigenvalue weighted by Gasteiger charge is 2.20. The highest BCUT2D eigenvalue weighted by Crippen LogP contribution is 2.26. The van der Waals surface area contributed by atoms with Crippen LogP contribution >= 0.6 is 11.6 Å². The molecule has 0 aliphatic rings. The van der Waals surface area contributed by atoms with Gasteiger partial charge in [0.05, 0.1) is 30.4 Å². The second kappa shape index (κ2) is 5.58. The van der Waals surface area contributed by atoms with Crippen molar-refractivity contribution < 1.29 is 18.8 Å². The molecule has 17 heavy (non-hydrogen) atoms. The number of esters is 1. The van der Waals surface area contributed by atoms with Crippen LogP contribution in [0.25, 0.3) is 0 Å². The SMILES string of the molecule is COC(=O)Cc1cc(F)cc([N+](=O)[O-])c1CCl. The standard InChI is InChI=1S/C10H9ClFNO4/c1-17-10(14)3-6-2-7(12)4-9(13(15)16)8(6)5-11/h2,4H,3,5H2,1H3. The summed E-state index contributed by atoms with van der Waals surface area (Å²) in [6, 6.07) is 1.82. The second-order valence-electron chi connectivity index (χ2n) is 3.21. The Labute approximate surface area is 101 Å². The first-order chi connectivity index (χ1) is 7.99. The number of hydrogen-bond acceptors (Lipinski definition) is 4. The Hall–Kier alpha value is -1.69. The van der Waals surface area contributed by atoms with Gasteiger partial charge >= 0.3 is 5.97 Å². The van der Waals surface area contributed by atoms with Gasteiger partial charge in [0, 0.05) is 5.56 Å². The molecule has 0 aliphatic heterocycles. The molecule has 0 heterocycles. The van der Waals surface area contributed by atoms with Crippen LogP contribution in [0.1, 0.15) is 11.1 Å². The van der Waals surface area contributed by atoms with Crippen LogP contribution in [0.2, 0.25) is 0 Å². The molecule has 0 amide bonds. The maximum absolute atomic E-state index is 13.2. The lowest BCUT2D eigenvalue weighted by Gasteiger charge is -2.07. The fourth-order valence-electron chi connectivity index (χ4n) is 1.38. The molecule has 7 heteroatoms. The van der Waals surface area contributed by atoms with Gasteiger partial charge in [-0.15, -0.1) is 11.6 Å². The van der Waals surface area contributed by atoms with E-state index in [1.165, 1.54) is 7.11 Å². The van der Waals surface area contributed by atoms with E-state index in [2.05, 4.69) is 4.74 Å². The van der Waals surface area contributed by atoms with Crippen molar-refractivity contribution in [2.75, 3.05) is 7.11 Å². The largest absolute Gasteiger partial charge is 0.469 e. The molecule has 0 N–H and O–H groups in total. The van der Waals surface area contributed by atoms with Gasteiger partial charge < -0.3 is 4.74 Å². The smallest absolute Gasteiger partial charge is 0.309 e. The number of hydrogen-bond donors (Lipinski definition) is 0. The summed E-state index contributed by atoms with van der Waals surface area (Å²) < 4.78 is 17.6. The lowest BCUT2D eigenvalue weighted by Crippen LogP contribution is -2.08. The number of carbonyl (C=O) groups is 1. The molecule has 92 valence electrons. The number of alkyl halides is 1. The van der Waals surface area contributed by atoms with Crippen molar-refractivity contribution in [3.8, 4) is 0 Å². The predicted molar refractivity (Wildman–Crippen MR) is 58.3 cm³/mol. The predicted octanol–water partition coefficient (Wildman–Crippen LogP) is 2.19. The Morgan fingerprint density at radius 3 is 2.71 bits per heavy atom. The Morgan fingerprint density at radius 1 is 1.59 bits per heavy atom. The molecule has 0 saturated heterocycles. The van der Waals surface area contributed by atoms with E-state index < -0.39 is 22.4 Å². The summed E-state index contributed by atoms with van der Waals surface area (Å²) in [5.74, 6) is -1.58. The van der Waals surface area contributed by atoms with Crippen LogP contribution in [0, 0.1) is 15.9 Å². The zero-order valence-electron chi connectivity index (χ0n) is 8.91. The lowest BCUT2D eigenvalue weighted by molar-refractivity contribution is -0.385. The summed E-state index contributed by atoms with van der Waals surface area (Å²) in [6.07, 6.45) is -0.253. The molecule has 0 aliphatic carbocycles. The van der Waals surface area contributed by atoms with E-state index in [0.29, 0.717) is 0 Å². The van der Waals surface area contributed by atoms with Crippen LogP contribution in [0.5, 0.6) is 0 Å². The Balaban J connectivity index is 3.27. The molecule has 1 aromatic rings. The van der Waals surface area contributed by atoms with Gasteiger partial charge in [-0.1, -0.05) is 0 Å². The summed E-state index contributed by atoms with van der Waals surface area (Å²) in [5, 5.41) is 10.7. The van der Waals surface area contributed by atoms with Gasteiger partial charge in [-0.05, 0) is 11.6 Å². The molecule has 0 spiro atoms. The molecule has 0 atom stereocenters. The number of benzene rings is 1. The second-order valence-corrected chi connectivity index (χ2v) is 3.47. The fourth-order valence-corrected chi connectivity index (χ4v) is 1.69. The van der Waals surface area contributed by atoms with Crippen LogP contribution in [0.15, 0.2) is 12.1 Å². The summed E-state index contributed by atoms with van der Waals surface area (Å²) in [5.41, 5.74) is -0.138. The van der Waals surface area contributed by atoms with Crippen molar-refractivity contribution in [1.82, 2.24) is 0 Å². The number of nitrogens with zero attached hydrogens (tertiary/aromatic N) is 1. The molecule has 0 unspecified atom stereocenters. The molecular formula is C10H9ClFNO4.